The van der Waals surface area contributed by atoms with Crippen LogP contribution in [0.3, 0.4) is 0 Å². The zero-order chi connectivity index (χ0) is 6.97. The summed E-state index contributed by atoms with van der Waals surface area (Å²) in [5.41, 5.74) is 5.44. The maximum Gasteiger partial charge on any atom is 0.177 e. The number of aromatic nitrogens is 4. The molecule has 5 heteroatoms. The molecule has 0 amide bonds. The number of rotatable bonds is 2. The minimum atomic E-state index is 0.476. The largest absolute Gasteiger partial charge is 0.330 e. The average molecular weight is 139 g/mol. The maximum atomic E-state index is 5.44. The van der Waals surface area contributed by atoms with E-state index in [1.807, 2.05) is 0 Å². The van der Waals surface area contributed by atoms with Gasteiger partial charge in [-0.2, -0.15) is 5.21 Å². The van der Waals surface area contributed by atoms with Crippen LogP contribution in [-0.4, -0.2) is 27.2 Å². The van der Waals surface area contributed by atoms with E-state index >= 15 is 0 Å². The summed E-state index contributed by atoms with van der Waals surface area (Å²) in [6.45, 7) is 0.735. The molecule has 5 nitrogen and oxygen atoms in total. The number of nitrogens with one attached hydrogen (secondary N) is 1. The van der Waals surface area contributed by atoms with E-state index in [-0.39, 0.29) is 0 Å². The molecule has 0 bridgehead atoms. The third-order valence-electron chi connectivity index (χ3n) is 1.92. The first kappa shape index (κ1) is 5.79. The summed E-state index contributed by atoms with van der Waals surface area (Å²) in [5.74, 6) is 1.89. The molecule has 2 rings (SSSR count). The van der Waals surface area contributed by atoms with E-state index in [9.17, 15) is 0 Å². The third-order valence-corrected chi connectivity index (χ3v) is 1.92. The number of hydrogen-bond acceptors (Lipinski definition) is 4. The van der Waals surface area contributed by atoms with Crippen LogP contribution < -0.4 is 5.73 Å². The first-order valence-corrected chi connectivity index (χ1v) is 3.35. The Bertz CT molecular complexity index is 206. The van der Waals surface area contributed by atoms with Gasteiger partial charge in [-0.15, -0.1) is 10.2 Å². The summed E-state index contributed by atoms with van der Waals surface area (Å²) in [6.07, 6.45) is 1.12. The topological polar surface area (TPSA) is 80.5 Å². The van der Waals surface area contributed by atoms with Gasteiger partial charge in [0.15, 0.2) is 5.82 Å². The van der Waals surface area contributed by atoms with E-state index in [0.29, 0.717) is 11.8 Å². The standard InChI is InChI=1S/C5H9N5/c6-2-3-1-4(3)5-7-9-10-8-5/h3-4H,1-2,6H2,(H,7,8,9,10). The molecule has 1 heterocycles. The molecule has 2 unspecified atom stereocenters. The molecule has 1 aromatic rings. The molecule has 2 atom stereocenters. The monoisotopic (exact) mass is 139 g/mol. The highest BCUT2D eigenvalue weighted by Gasteiger charge is 2.40. The van der Waals surface area contributed by atoms with E-state index < -0.39 is 0 Å². The second kappa shape index (κ2) is 2.02. The lowest BCUT2D eigenvalue weighted by Crippen LogP contribution is -2.02. The van der Waals surface area contributed by atoms with Crippen molar-refractivity contribution in [1.29, 1.82) is 0 Å². The van der Waals surface area contributed by atoms with Gasteiger partial charge in [-0.05, 0) is 18.9 Å². The SMILES string of the molecule is NCC1CC1c1nn[nH]n1. The summed E-state index contributed by atoms with van der Waals surface area (Å²) in [7, 11) is 0. The van der Waals surface area contributed by atoms with Crippen LogP contribution in [0.2, 0.25) is 0 Å². The Balaban J connectivity index is 2.05. The normalized spacial score (nSPS) is 30.5. The molecule has 0 saturated heterocycles. The zero-order valence-corrected chi connectivity index (χ0v) is 5.49. The minimum absolute atomic E-state index is 0.476. The molecule has 0 radical (unpaired) electrons. The Labute approximate surface area is 58.0 Å². The van der Waals surface area contributed by atoms with Crippen LogP contribution in [0.25, 0.3) is 0 Å². The Morgan fingerprint density at radius 3 is 3.10 bits per heavy atom. The van der Waals surface area contributed by atoms with Crippen LogP contribution in [0.5, 0.6) is 0 Å². The van der Waals surface area contributed by atoms with Crippen molar-refractivity contribution in [1.82, 2.24) is 20.6 Å². The second-order valence-corrected chi connectivity index (χ2v) is 2.61. The number of nitrogens with zero attached hydrogens (tertiary/aromatic N) is 3. The van der Waals surface area contributed by atoms with Gasteiger partial charge in [-0.3, -0.25) is 0 Å². The molecule has 0 spiro atoms. The van der Waals surface area contributed by atoms with Crippen LogP contribution >= 0.6 is 0 Å². The predicted molar refractivity (Wildman–Crippen MR) is 34.1 cm³/mol. The summed E-state index contributed by atoms with van der Waals surface area (Å²) >= 11 is 0. The van der Waals surface area contributed by atoms with Crippen molar-refractivity contribution in [2.45, 2.75) is 12.3 Å². The molecule has 1 fully saturated rings. The fraction of sp³-hybridized carbons (Fsp3) is 0.800. The van der Waals surface area contributed by atoms with Crippen LogP contribution in [0.1, 0.15) is 18.2 Å². The maximum absolute atomic E-state index is 5.44. The van der Waals surface area contributed by atoms with Crippen molar-refractivity contribution in [2.24, 2.45) is 11.7 Å². The molecular weight excluding hydrogens is 130 g/mol. The lowest BCUT2D eigenvalue weighted by Gasteiger charge is -1.86. The molecule has 1 aromatic heterocycles. The van der Waals surface area contributed by atoms with Crippen molar-refractivity contribution in [3.8, 4) is 0 Å². The first-order chi connectivity index (χ1) is 4.92. The van der Waals surface area contributed by atoms with E-state index in [1.54, 1.807) is 0 Å². The van der Waals surface area contributed by atoms with E-state index in [2.05, 4.69) is 20.6 Å². The van der Waals surface area contributed by atoms with Crippen LogP contribution in [0.15, 0.2) is 0 Å². The molecule has 0 aliphatic heterocycles. The number of H-pyrrole nitrogens is 1. The van der Waals surface area contributed by atoms with E-state index in [0.717, 1.165) is 18.8 Å². The highest BCUT2D eigenvalue weighted by atomic mass is 15.5. The van der Waals surface area contributed by atoms with Gasteiger partial charge in [0.1, 0.15) is 0 Å². The molecule has 0 aromatic carbocycles. The molecule has 1 aliphatic carbocycles. The summed E-state index contributed by atoms with van der Waals surface area (Å²) < 4.78 is 0. The number of tetrazole rings is 1. The second-order valence-electron chi connectivity index (χ2n) is 2.61. The van der Waals surface area contributed by atoms with Gasteiger partial charge in [0, 0.05) is 5.92 Å². The van der Waals surface area contributed by atoms with Gasteiger partial charge in [-0.25, -0.2) is 0 Å². The molecule has 1 saturated carbocycles. The van der Waals surface area contributed by atoms with Crippen molar-refractivity contribution >= 4 is 0 Å². The zero-order valence-electron chi connectivity index (χ0n) is 5.49. The molecule has 3 N–H and O–H groups in total. The average Bonchev–Trinajstić information content (AvgIpc) is 2.56. The van der Waals surface area contributed by atoms with Crippen molar-refractivity contribution in [2.75, 3.05) is 6.54 Å². The molecular formula is C5H9N5. The Hall–Kier alpha value is -0.970. The van der Waals surface area contributed by atoms with Gasteiger partial charge in [-0.1, -0.05) is 5.21 Å². The van der Waals surface area contributed by atoms with Crippen LogP contribution in [0, 0.1) is 5.92 Å². The molecule has 54 valence electrons. The lowest BCUT2D eigenvalue weighted by atomic mass is 10.3. The lowest BCUT2D eigenvalue weighted by molar-refractivity contribution is 0.779. The highest BCUT2D eigenvalue weighted by molar-refractivity contribution is 5.07. The summed E-state index contributed by atoms with van der Waals surface area (Å²) in [4.78, 5) is 0. The minimum Gasteiger partial charge on any atom is -0.330 e. The fourth-order valence-corrected chi connectivity index (χ4v) is 1.15. The number of hydrogen-bond donors (Lipinski definition) is 2. The first-order valence-electron chi connectivity index (χ1n) is 3.35. The van der Waals surface area contributed by atoms with Crippen molar-refractivity contribution in [3.05, 3.63) is 5.82 Å². The number of aromatic amines is 1. The van der Waals surface area contributed by atoms with Gasteiger partial charge in [0.25, 0.3) is 0 Å². The Kier molecular flexibility index (Phi) is 1.17. The van der Waals surface area contributed by atoms with Gasteiger partial charge < -0.3 is 5.73 Å². The van der Waals surface area contributed by atoms with Crippen LogP contribution in [0.4, 0.5) is 0 Å². The highest BCUT2D eigenvalue weighted by Crippen LogP contribution is 2.44. The Morgan fingerprint density at radius 1 is 1.70 bits per heavy atom. The van der Waals surface area contributed by atoms with Gasteiger partial charge >= 0.3 is 0 Å². The predicted octanol–water partition coefficient (Wildman–Crippen LogP) is -0.738. The smallest absolute Gasteiger partial charge is 0.177 e. The number of nitrogens with two attached hydrogens (primary N) is 1. The molecule has 10 heavy (non-hydrogen) atoms. The van der Waals surface area contributed by atoms with Crippen LogP contribution in [-0.2, 0) is 0 Å². The van der Waals surface area contributed by atoms with Crippen molar-refractivity contribution < 1.29 is 0 Å². The third kappa shape index (κ3) is 0.786. The van der Waals surface area contributed by atoms with E-state index in [4.69, 9.17) is 5.73 Å². The fourth-order valence-electron chi connectivity index (χ4n) is 1.15. The van der Waals surface area contributed by atoms with E-state index in [1.165, 1.54) is 0 Å². The van der Waals surface area contributed by atoms with Crippen molar-refractivity contribution in [3.63, 3.8) is 0 Å². The van der Waals surface area contributed by atoms with Gasteiger partial charge in [0.2, 0.25) is 0 Å². The summed E-state index contributed by atoms with van der Waals surface area (Å²) in [6, 6.07) is 0. The quantitative estimate of drug-likeness (QED) is 0.565. The Morgan fingerprint density at radius 2 is 2.60 bits per heavy atom. The van der Waals surface area contributed by atoms with Gasteiger partial charge in [0.05, 0.1) is 0 Å². The summed E-state index contributed by atoms with van der Waals surface area (Å²) in [5, 5.41) is 13.6. The molecule has 1 aliphatic rings.